The Morgan fingerprint density at radius 2 is 2.21 bits per heavy atom. The molecule has 2 rings (SSSR count). The fraction of sp³-hybridized carbons (Fsp3) is 0.286. The Bertz CT molecular complexity index is 589. The highest BCUT2D eigenvalue weighted by Crippen LogP contribution is 2.28. The SMILES string of the molecule is CCOc1cccc(-c2noc(C)c2C(=O)OC)c1. The monoisotopic (exact) mass is 261 g/mol. The number of ether oxygens (including phenoxy) is 2. The summed E-state index contributed by atoms with van der Waals surface area (Å²) < 4.78 is 15.3. The second-order valence-corrected chi connectivity index (χ2v) is 3.91. The van der Waals surface area contributed by atoms with Gasteiger partial charge in [0.05, 0.1) is 13.7 Å². The molecular weight excluding hydrogens is 246 g/mol. The van der Waals surface area contributed by atoms with Crippen molar-refractivity contribution in [3.63, 3.8) is 0 Å². The molecule has 0 radical (unpaired) electrons. The van der Waals surface area contributed by atoms with Crippen LogP contribution in [0.3, 0.4) is 0 Å². The van der Waals surface area contributed by atoms with Crippen LogP contribution in [0.4, 0.5) is 0 Å². The summed E-state index contributed by atoms with van der Waals surface area (Å²) in [7, 11) is 1.33. The van der Waals surface area contributed by atoms with E-state index in [0.717, 1.165) is 11.3 Å². The van der Waals surface area contributed by atoms with Gasteiger partial charge in [0, 0.05) is 5.56 Å². The van der Waals surface area contributed by atoms with Crippen LogP contribution < -0.4 is 4.74 Å². The van der Waals surface area contributed by atoms with Crippen LogP contribution in [0.25, 0.3) is 11.3 Å². The number of hydrogen-bond donors (Lipinski definition) is 0. The molecular formula is C14H15NO4. The van der Waals surface area contributed by atoms with Crippen LogP contribution in [0.5, 0.6) is 5.75 Å². The predicted octanol–water partition coefficient (Wildman–Crippen LogP) is 2.84. The number of carbonyl (C=O) groups excluding carboxylic acids is 1. The van der Waals surface area contributed by atoms with E-state index in [1.807, 2.05) is 31.2 Å². The van der Waals surface area contributed by atoms with E-state index in [-0.39, 0.29) is 0 Å². The van der Waals surface area contributed by atoms with E-state index in [9.17, 15) is 4.79 Å². The molecule has 1 heterocycles. The van der Waals surface area contributed by atoms with Gasteiger partial charge in [-0.2, -0.15) is 0 Å². The van der Waals surface area contributed by atoms with Gasteiger partial charge in [-0.05, 0) is 26.0 Å². The van der Waals surface area contributed by atoms with Gasteiger partial charge in [-0.1, -0.05) is 17.3 Å². The van der Waals surface area contributed by atoms with Crippen molar-refractivity contribution < 1.29 is 18.8 Å². The number of aromatic nitrogens is 1. The summed E-state index contributed by atoms with van der Waals surface area (Å²) in [6.45, 7) is 4.16. The fourth-order valence-electron chi connectivity index (χ4n) is 1.81. The van der Waals surface area contributed by atoms with E-state index >= 15 is 0 Å². The highest BCUT2D eigenvalue weighted by atomic mass is 16.5. The Hall–Kier alpha value is -2.30. The van der Waals surface area contributed by atoms with Gasteiger partial charge in [0.25, 0.3) is 0 Å². The summed E-state index contributed by atoms with van der Waals surface area (Å²) in [5, 5.41) is 3.92. The quantitative estimate of drug-likeness (QED) is 0.792. The second kappa shape index (κ2) is 5.56. The van der Waals surface area contributed by atoms with Crippen molar-refractivity contribution in [1.29, 1.82) is 0 Å². The lowest BCUT2D eigenvalue weighted by Crippen LogP contribution is -2.03. The number of esters is 1. The minimum Gasteiger partial charge on any atom is -0.494 e. The predicted molar refractivity (Wildman–Crippen MR) is 69.2 cm³/mol. The molecule has 1 aromatic carbocycles. The summed E-state index contributed by atoms with van der Waals surface area (Å²) in [6, 6.07) is 7.34. The molecule has 0 N–H and O–H groups in total. The van der Waals surface area contributed by atoms with Crippen molar-refractivity contribution in [2.75, 3.05) is 13.7 Å². The van der Waals surface area contributed by atoms with Gasteiger partial charge in [-0.3, -0.25) is 0 Å². The topological polar surface area (TPSA) is 61.6 Å². The lowest BCUT2D eigenvalue weighted by molar-refractivity contribution is 0.0599. The first-order valence-electron chi connectivity index (χ1n) is 5.95. The molecule has 1 aromatic heterocycles. The molecule has 5 nitrogen and oxygen atoms in total. The summed E-state index contributed by atoms with van der Waals surface area (Å²) in [5.74, 6) is 0.690. The third-order valence-electron chi connectivity index (χ3n) is 2.67. The zero-order chi connectivity index (χ0) is 13.8. The average molecular weight is 261 g/mol. The highest BCUT2D eigenvalue weighted by molar-refractivity contribution is 5.97. The van der Waals surface area contributed by atoms with Crippen molar-refractivity contribution in [1.82, 2.24) is 5.16 Å². The van der Waals surface area contributed by atoms with Gasteiger partial charge >= 0.3 is 5.97 Å². The van der Waals surface area contributed by atoms with Crippen LogP contribution in [0.15, 0.2) is 28.8 Å². The van der Waals surface area contributed by atoms with Crippen LogP contribution in [0.2, 0.25) is 0 Å². The molecule has 2 aromatic rings. The molecule has 0 fully saturated rings. The van der Waals surface area contributed by atoms with Gasteiger partial charge in [0.1, 0.15) is 22.8 Å². The first-order chi connectivity index (χ1) is 9.17. The zero-order valence-corrected chi connectivity index (χ0v) is 11.1. The molecule has 0 saturated heterocycles. The number of benzene rings is 1. The second-order valence-electron chi connectivity index (χ2n) is 3.91. The van der Waals surface area contributed by atoms with Crippen LogP contribution >= 0.6 is 0 Å². The number of carbonyl (C=O) groups is 1. The number of methoxy groups -OCH3 is 1. The Labute approximate surface area is 111 Å². The normalized spacial score (nSPS) is 10.3. The molecule has 0 aliphatic carbocycles. The molecule has 0 atom stereocenters. The maximum atomic E-state index is 11.7. The number of aryl methyl sites for hydroxylation is 1. The van der Waals surface area contributed by atoms with Crippen molar-refractivity contribution in [2.24, 2.45) is 0 Å². The Morgan fingerprint density at radius 3 is 2.89 bits per heavy atom. The van der Waals surface area contributed by atoms with Crippen molar-refractivity contribution in [2.45, 2.75) is 13.8 Å². The highest BCUT2D eigenvalue weighted by Gasteiger charge is 2.22. The van der Waals surface area contributed by atoms with Crippen LogP contribution in [-0.2, 0) is 4.74 Å². The fourth-order valence-corrected chi connectivity index (χ4v) is 1.81. The lowest BCUT2D eigenvalue weighted by Gasteiger charge is -2.05. The van der Waals surface area contributed by atoms with E-state index < -0.39 is 5.97 Å². The molecule has 0 spiro atoms. The Balaban J connectivity index is 2.47. The first-order valence-corrected chi connectivity index (χ1v) is 5.95. The molecule has 0 unspecified atom stereocenters. The summed E-state index contributed by atoms with van der Waals surface area (Å²) >= 11 is 0. The third-order valence-corrected chi connectivity index (χ3v) is 2.67. The average Bonchev–Trinajstić information content (AvgIpc) is 2.80. The van der Waals surface area contributed by atoms with Gasteiger partial charge in [-0.15, -0.1) is 0 Å². The molecule has 5 heteroatoms. The van der Waals surface area contributed by atoms with Crippen molar-refractivity contribution >= 4 is 5.97 Å². The molecule has 100 valence electrons. The number of hydrogen-bond acceptors (Lipinski definition) is 5. The third kappa shape index (κ3) is 2.59. The Kier molecular flexibility index (Phi) is 3.85. The minimum atomic E-state index is -0.462. The minimum absolute atomic E-state index is 0.344. The maximum Gasteiger partial charge on any atom is 0.343 e. The molecule has 0 aliphatic rings. The smallest absolute Gasteiger partial charge is 0.343 e. The van der Waals surface area contributed by atoms with Gasteiger partial charge < -0.3 is 14.0 Å². The molecule has 0 bridgehead atoms. The van der Waals surface area contributed by atoms with E-state index in [1.54, 1.807) is 6.92 Å². The zero-order valence-electron chi connectivity index (χ0n) is 11.1. The Morgan fingerprint density at radius 1 is 1.42 bits per heavy atom. The number of nitrogens with zero attached hydrogens (tertiary/aromatic N) is 1. The van der Waals surface area contributed by atoms with E-state index in [2.05, 4.69) is 5.16 Å². The van der Waals surface area contributed by atoms with E-state index in [0.29, 0.717) is 23.6 Å². The maximum absolute atomic E-state index is 11.7. The van der Waals surface area contributed by atoms with Crippen LogP contribution in [0.1, 0.15) is 23.0 Å². The van der Waals surface area contributed by atoms with Gasteiger partial charge in [0.2, 0.25) is 0 Å². The standard InChI is InChI=1S/C14H15NO4/c1-4-18-11-7-5-6-10(8-11)13-12(14(16)17-3)9(2)19-15-13/h5-8H,4H2,1-3H3. The van der Waals surface area contributed by atoms with Crippen LogP contribution in [0, 0.1) is 6.92 Å². The molecule has 0 aliphatic heterocycles. The van der Waals surface area contributed by atoms with Crippen molar-refractivity contribution in [3.05, 3.63) is 35.6 Å². The van der Waals surface area contributed by atoms with E-state index in [4.69, 9.17) is 14.0 Å². The van der Waals surface area contributed by atoms with Gasteiger partial charge in [0.15, 0.2) is 0 Å². The van der Waals surface area contributed by atoms with Crippen LogP contribution in [-0.4, -0.2) is 24.8 Å². The molecule has 0 saturated carbocycles. The molecule has 19 heavy (non-hydrogen) atoms. The lowest BCUT2D eigenvalue weighted by atomic mass is 10.1. The van der Waals surface area contributed by atoms with E-state index in [1.165, 1.54) is 7.11 Å². The summed E-state index contributed by atoms with van der Waals surface area (Å²) in [5.41, 5.74) is 1.56. The first kappa shape index (κ1) is 13.1. The largest absolute Gasteiger partial charge is 0.494 e. The summed E-state index contributed by atoms with van der Waals surface area (Å²) in [4.78, 5) is 11.7. The molecule has 0 amide bonds. The van der Waals surface area contributed by atoms with Gasteiger partial charge in [-0.25, -0.2) is 4.79 Å². The summed E-state index contributed by atoms with van der Waals surface area (Å²) in [6.07, 6.45) is 0. The number of rotatable bonds is 4. The van der Waals surface area contributed by atoms with Crippen molar-refractivity contribution in [3.8, 4) is 17.0 Å².